The molecule has 0 saturated heterocycles. The third-order valence-corrected chi connectivity index (χ3v) is 9.49. The Bertz CT molecular complexity index is 865. The van der Waals surface area contributed by atoms with Crippen LogP contribution in [0.4, 0.5) is 0 Å². The van der Waals surface area contributed by atoms with Gasteiger partial charge in [0.2, 0.25) is 6.29 Å². The lowest BCUT2D eigenvalue weighted by atomic mass is 10.1. The van der Waals surface area contributed by atoms with Crippen LogP contribution in [0.5, 0.6) is 0 Å². The molecule has 1 N–H and O–H groups in total. The Morgan fingerprint density at radius 1 is 0.769 bits per heavy atom. The highest BCUT2D eigenvalue weighted by molar-refractivity contribution is 7.06. The minimum atomic E-state index is -2.36. The van der Waals surface area contributed by atoms with E-state index in [0.717, 1.165) is 16.5 Å². The van der Waals surface area contributed by atoms with Crippen LogP contribution < -0.4 is 10.4 Å². The van der Waals surface area contributed by atoms with Crippen molar-refractivity contribution >= 4 is 24.0 Å². The fourth-order valence-electron chi connectivity index (χ4n) is 3.80. The van der Waals surface area contributed by atoms with Crippen LogP contribution in [0, 0.1) is 0 Å². The highest BCUT2D eigenvalue weighted by Crippen LogP contribution is 2.36. The minimum Gasteiger partial charge on any atom is -0.473 e. The van der Waals surface area contributed by atoms with Crippen molar-refractivity contribution in [2.24, 2.45) is 0 Å². The summed E-state index contributed by atoms with van der Waals surface area (Å²) in [5, 5.41) is 13.9. The molecular weight excluding hydrogens is 336 g/mol. The molecule has 26 heavy (non-hydrogen) atoms. The van der Waals surface area contributed by atoms with Gasteiger partial charge >= 0.3 is 0 Å². The summed E-state index contributed by atoms with van der Waals surface area (Å²) >= 11 is 0. The lowest BCUT2D eigenvalue weighted by Gasteiger charge is -2.30. The first-order valence-electron chi connectivity index (χ1n) is 8.94. The zero-order valence-electron chi connectivity index (χ0n) is 14.8. The summed E-state index contributed by atoms with van der Waals surface area (Å²) in [5.41, 5.74) is 2.25. The van der Waals surface area contributed by atoms with Crippen LogP contribution in [-0.4, -0.2) is 19.5 Å². The second kappa shape index (κ2) is 6.94. The van der Waals surface area contributed by atoms with E-state index >= 15 is 0 Å². The summed E-state index contributed by atoms with van der Waals surface area (Å²) < 4.78 is 6.10. The van der Waals surface area contributed by atoms with Crippen LogP contribution in [0.15, 0.2) is 96.4 Å². The second-order valence-electron chi connectivity index (χ2n) is 6.81. The summed E-state index contributed by atoms with van der Waals surface area (Å²) in [6.45, 7) is 2.31. The molecule has 3 heteroatoms. The molecule has 1 atom stereocenters. The Hall–Kier alpha value is -2.62. The SMILES string of the molecule is C[Si](C1=C(c2ccccc2)CC(O)O1)(c1ccccc1)c1ccccc1. The molecule has 0 aromatic heterocycles. The Labute approximate surface area is 155 Å². The Kier molecular flexibility index (Phi) is 4.49. The highest BCUT2D eigenvalue weighted by Gasteiger charge is 2.43. The van der Waals surface area contributed by atoms with E-state index in [-0.39, 0.29) is 0 Å². The predicted molar refractivity (Wildman–Crippen MR) is 109 cm³/mol. The van der Waals surface area contributed by atoms with Crippen molar-refractivity contribution < 1.29 is 9.84 Å². The fraction of sp³-hybridized carbons (Fsp3) is 0.130. The van der Waals surface area contributed by atoms with Gasteiger partial charge < -0.3 is 9.84 Å². The lowest BCUT2D eigenvalue weighted by molar-refractivity contribution is -0.0379. The molecule has 0 radical (unpaired) electrons. The van der Waals surface area contributed by atoms with E-state index in [4.69, 9.17) is 4.74 Å². The molecule has 1 aliphatic heterocycles. The van der Waals surface area contributed by atoms with Gasteiger partial charge in [0.25, 0.3) is 0 Å². The first kappa shape index (κ1) is 16.8. The van der Waals surface area contributed by atoms with Gasteiger partial charge in [-0.25, -0.2) is 0 Å². The van der Waals surface area contributed by atoms with E-state index in [1.54, 1.807) is 0 Å². The molecule has 0 saturated carbocycles. The average Bonchev–Trinajstić information content (AvgIpc) is 3.11. The number of aliphatic hydroxyl groups excluding tert-OH is 1. The number of ether oxygens (including phenoxy) is 1. The van der Waals surface area contributed by atoms with Gasteiger partial charge in [-0.2, -0.15) is 0 Å². The van der Waals surface area contributed by atoms with Gasteiger partial charge in [0.05, 0.1) is 5.38 Å². The molecule has 1 heterocycles. The summed E-state index contributed by atoms with van der Waals surface area (Å²) in [7, 11) is -2.36. The molecule has 3 aromatic carbocycles. The summed E-state index contributed by atoms with van der Waals surface area (Å²) in [6.07, 6.45) is -0.249. The van der Waals surface area contributed by atoms with Gasteiger partial charge in [0.15, 0.2) is 8.07 Å². The molecule has 3 aromatic rings. The zero-order chi connectivity index (χ0) is 18.0. The maximum atomic E-state index is 10.3. The van der Waals surface area contributed by atoms with Crippen molar-refractivity contribution in [3.8, 4) is 0 Å². The average molecular weight is 359 g/mol. The molecule has 130 valence electrons. The smallest absolute Gasteiger partial charge is 0.200 e. The van der Waals surface area contributed by atoms with Crippen LogP contribution in [0.25, 0.3) is 5.57 Å². The summed E-state index contributed by atoms with van der Waals surface area (Å²) in [4.78, 5) is 0. The molecule has 0 bridgehead atoms. The van der Waals surface area contributed by atoms with E-state index < -0.39 is 14.4 Å². The number of aliphatic hydroxyl groups is 1. The maximum Gasteiger partial charge on any atom is 0.200 e. The number of hydrogen-bond acceptors (Lipinski definition) is 2. The van der Waals surface area contributed by atoms with Crippen molar-refractivity contribution in [2.75, 3.05) is 0 Å². The summed E-state index contributed by atoms with van der Waals surface area (Å²) in [6, 6.07) is 31.4. The molecule has 0 fully saturated rings. The third kappa shape index (κ3) is 2.89. The Morgan fingerprint density at radius 2 is 1.23 bits per heavy atom. The first-order chi connectivity index (χ1) is 12.7. The number of rotatable bonds is 4. The Balaban J connectivity index is 1.97. The molecule has 2 nitrogen and oxygen atoms in total. The fourth-order valence-corrected chi connectivity index (χ4v) is 7.59. The van der Waals surface area contributed by atoms with Crippen molar-refractivity contribution in [3.05, 3.63) is 102 Å². The minimum absolute atomic E-state index is 0.529. The Morgan fingerprint density at radius 3 is 1.73 bits per heavy atom. The van der Waals surface area contributed by atoms with Crippen molar-refractivity contribution in [1.29, 1.82) is 0 Å². The van der Waals surface area contributed by atoms with Gasteiger partial charge in [-0.3, -0.25) is 0 Å². The molecule has 1 aliphatic rings. The monoisotopic (exact) mass is 358 g/mol. The lowest BCUT2D eigenvalue weighted by Crippen LogP contribution is -2.58. The standard InChI is InChI=1S/C23H22O2Si/c1-26(19-13-7-3-8-14-19,20-15-9-4-10-16-20)23-21(17-22(24)25-23)18-11-5-2-6-12-18/h2-16,22,24H,17H2,1H3. The third-order valence-electron chi connectivity index (χ3n) is 5.19. The maximum absolute atomic E-state index is 10.3. The number of hydrogen-bond donors (Lipinski definition) is 1. The van der Waals surface area contributed by atoms with Crippen molar-refractivity contribution in [2.45, 2.75) is 19.3 Å². The van der Waals surface area contributed by atoms with E-state index in [0.29, 0.717) is 6.42 Å². The molecule has 1 unspecified atom stereocenters. The van der Waals surface area contributed by atoms with Gasteiger partial charge in [0, 0.05) is 6.42 Å². The van der Waals surface area contributed by atoms with E-state index in [1.165, 1.54) is 10.4 Å². The normalized spacial score (nSPS) is 17.2. The highest BCUT2D eigenvalue weighted by atomic mass is 28.3. The van der Waals surface area contributed by atoms with Gasteiger partial charge in [-0.05, 0) is 21.5 Å². The quantitative estimate of drug-likeness (QED) is 0.723. The summed E-state index contributed by atoms with van der Waals surface area (Å²) in [5.74, 6) is 0. The van der Waals surface area contributed by atoms with Crippen LogP contribution in [0.1, 0.15) is 12.0 Å². The molecular formula is C23H22O2Si. The largest absolute Gasteiger partial charge is 0.473 e. The van der Waals surface area contributed by atoms with Crippen LogP contribution in [0.3, 0.4) is 0 Å². The molecule has 0 spiro atoms. The van der Waals surface area contributed by atoms with Gasteiger partial charge in [0.1, 0.15) is 0 Å². The molecule has 4 rings (SSSR count). The van der Waals surface area contributed by atoms with Crippen LogP contribution >= 0.6 is 0 Å². The van der Waals surface area contributed by atoms with Crippen molar-refractivity contribution in [3.63, 3.8) is 0 Å². The topological polar surface area (TPSA) is 29.5 Å². The zero-order valence-corrected chi connectivity index (χ0v) is 15.8. The second-order valence-corrected chi connectivity index (χ2v) is 10.7. The van der Waals surface area contributed by atoms with Crippen molar-refractivity contribution in [1.82, 2.24) is 0 Å². The number of benzene rings is 3. The molecule has 0 aliphatic carbocycles. The van der Waals surface area contributed by atoms with Crippen LogP contribution in [-0.2, 0) is 4.74 Å². The van der Waals surface area contributed by atoms with E-state index in [9.17, 15) is 5.11 Å². The van der Waals surface area contributed by atoms with E-state index in [2.05, 4.69) is 67.2 Å². The first-order valence-corrected chi connectivity index (χ1v) is 11.4. The van der Waals surface area contributed by atoms with Crippen LogP contribution in [0.2, 0.25) is 6.55 Å². The van der Waals surface area contributed by atoms with E-state index in [1.807, 2.05) is 30.3 Å². The molecule has 0 amide bonds. The van der Waals surface area contributed by atoms with Gasteiger partial charge in [-0.1, -0.05) is 97.5 Å². The predicted octanol–water partition coefficient (Wildman–Crippen LogP) is 3.57. The van der Waals surface area contributed by atoms with Gasteiger partial charge in [-0.15, -0.1) is 0 Å².